The number of nitrogens with zero attached hydrogens (tertiary/aromatic N) is 1. The van der Waals surface area contributed by atoms with E-state index in [0.717, 1.165) is 12.8 Å². The van der Waals surface area contributed by atoms with Gasteiger partial charge < -0.3 is 21.3 Å². The van der Waals surface area contributed by atoms with Crippen molar-refractivity contribution in [2.45, 2.75) is 70.1 Å². The van der Waals surface area contributed by atoms with Gasteiger partial charge in [0.2, 0.25) is 17.7 Å². The average Bonchev–Trinajstić information content (AvgIpc) is 3.27. The summed E-state index contributed by atoms with van der Waals surface area (Å²) < 4.78 is 0. The van der Waals surface area contributed by atoms with Gasteiger partial charge in [-0.1, -0.05) is 44.2 Å². The molecule has 1 saturated heterocycles. The Bertz CT molecular complexity index is 750. The van der Waals surface area contributed by atoms with Crippen LogP contribution >= 0.6 is 0 Å². The van der Waals surface area contributed by atoms with Crippen LogP contribution in [0.2, 0.25) is 0 Å². The van der Waals surface area contributed by atoms with E-state index in [2.05, 4.69) is 22.8 Å². The van der Waals surface area contributed by atoms with Crippen LogP contribution in [0.25, 0.3) is 0 Å². The van der Waals surface area contributed by atoms with Gasteiger partial charge in [-0.3, -0.25) is 14.4 Å². The molecule has 1 aromatic carbocycles. The molecule has 1 heterocycles. The Morgan fingerprint density at radius 1 is 1.14 bits per heavy atom. The number of likely N-dealkylation sites (tertiary alicyclic amines) is 1. The third-order valence-corrected chi connectivity index (χ3v) is 5.83. The zero-order valence-electron chi connectivity index (χ0n) is 17.4. The van der Waals surface area contributed by atoms with Crippen LogP contribution < -0.4 is 16.4 Å². The molecule has 2 aliphatic rings. The first-order valence-corrected chi connectivity index (χ1v) is 10.5. The highest BCUT2D eigenvalue weighted by atomic mass is 16.2. The third-order valence-electron chi connectivity index (χ3n) is 5.83. The lowest BCUT2D eigenvalue weighted by atomic mass is 10.0. The van der Waals surface area contributed by atoms with E-state index in [1.807, 2.05) is 32.0 Å². The van der Waals surface area contributed by atoms with E-state index in [4.69, 9.17) is 5.73 Å². The van der Waals surface area contributed by atoms with Crippen molar-refractivity contribution in [2.75, 3.05) is 6.54 Å². The zero-order chi connectivity index (χ0) is 21.1. The summed E-state index contributed by atoms with van der Waals surface area (Å²) in [6.45, 7) is 5.87. The number of benzene rings is 1. The lowest BCUT2D eigenvalue weighted by molar-refractivity contribution is -0.142. The summed E-state index contributed by atoms with van der Waals surface area (Å²) in [7, 11) is 0. The molecule has 29 heavy (non-hydrogen) atoms. The predicted octanol–water partition coefficient (Wildman–Crippen LogP) is 1.14. The number of amides is 3. The van der Waals surface area contributed by atoms with E-state index < -0.39 is 18.1 Å². The number of carbonyl (C=O) groups is 3. The second kappa shape index (κ2) is 8.95. The molecule has 0 unspecified atom stereocenters. The maximum Gasteiger partial charge on any atom is 0.246 e. The maximum absolute atomic E-state index is 13.1. The van der Waals surface area contributed by atoms with Crippen molar-refractivity contribution in [2.24, 2.45) is 11.7 Å². The zero-order valence-corrected chi connectivity index (χ0v) is 17.4. The molecular formula is C22H32N4O3. The van der Waals surface area contributed by atoms with Crippen LogP contribution in [0, 0.1) is 5.92 Å². The van der Waals surface area contributed by atoms with Crippen LogP contribution in [0.15, 0.2) is 30.3 Å². The monoisotopic (exact) mass is 400 g/mol. The van der Waals surface area contributed by atoms with Crippen LogP contribution in [0.1, 0.15) is 51.5 Å². The van der Waals surface area contributed by atoms with Gasteiger partial charge >= 0.3 is 0 Å². The summed E-state index contributed by atoms with van der Waals surface area (Å²) in [5, 5.41) is 5.86. The molecule has 0 bridgehead atoms. The molecule has 7 heteroatoms. The standard InChI is InChI=1S/C22H32N4O3/c1-13(2)19(25-20(27)14(3)23)22(29)26-11-7-10-18(26)21(28)24-17-12-16(17)15-8-5-4-6-9-15/h4-6,8-9,13-14,16-19H,7,10-12,23H2,1-3H3,(H,24,28)(H,25,27)/t14-,16-,17+,18-,19-/m0/s1. The first-order valence-electron chi connectivity index (χ1n) is 10.5. The molecule has 1 aliphatic heterocycles. The van der Waals surface area contributed by atoms with Gasteiger partial charge in [-0.2, -0.15) is 0 Å². The quantitative estimate of drug-likeness (QED) is 0.638. The molecule has 2 fully saturated rings. The van der Waals surface area contributed by atoms with Crippen LogP contribution in [0.4, 0.5) is 0 Å². The molecule has 1 saturated carbocycles. The van der Waals surface area contributed by atoms with Crippen molar-refractivity contribution in [3.05, 3.63) is 35.9 Å². The topological polar surface area (TPSA) is 105 Å². The summed E-state index contributed by atoms with van der Waals surface area (Å²) in [6, 6.07) is 8.43. The van der Waals surface area contributed by atoms with Gasteiger partial charge in [0.15, 0.2) is 0 Å². The van der Waals surface area contributed by atoms with E-state index in [-0.39, 0.29) is 29.7 Å². The molecule has 0 spiro atoms. The number of nitrogens with one attached hydrogen (secondary N) is 2. The number of rotatable bonds is 7. The number of nitrogens with two attached hydrogens (primary N) is 1. The SMILES string of the molecule is CC(C)[C@H](NC(=O)[C@H](C)N)C(=O)N1CCC[C@H]1C(=O)N[C@@H]1C[C@H]1c1ccccc1. The molecule has 1 aromatic rings. The fraction of sp³-hybridized carbons (Fsp3) is 0.591. The first kappa shape index (κ1) is 21.3. The lowest BCUT2D eigenvalue weighted by Crippen LogP contribution is -2.57. The molecule has 5 atom stereocenters. The van der Waals surface area contributed by atoms with Crippen LogP contribution in [-0.4, -0.2) is 53.3 Å². The molecule has 158 valence electrons. The Morgan fingerprint density at radius 2 is 1.83 bits per heavy atom. The summed E-state index contributed by atoms with van der Waals surface area (Å²) in [6.07, 6.45) is 2.35. The Morgan fingerprint density at radius 3 is 2.45 bits per heavy atom. The molecule has 3 amide bonds. The maximum atomic E-state index is 13.1. The van der Waals surface area contributed by atoms with Gasteiger partial charge in [-0.15, -0.1) is 0 Å². The number of hydrogen-bond acceptors (Lipinski definition) is 4. The van der Waals surface area contributed by atoms with Gasteiger partial charge in [0.05, 0.1) is 6.04 Å². The van der Waals surface area contributed by atoms with E-state index in [1.165, 1.54) is 5.56 Å². The van der Waals surface area contributed by atoms with Gasteiger partial charge in [-0.05, 0) is 37.7 Å². The highest BCUT2D eigenvalue weighted by Gasteiger charge is 2.43. The van der Waals surface area contributed by atoms with Crippen molar-refractivity contribution in [3.8, 4) is 0 Å². The molecular weight excluding hydrogens is 368 g/mol. The van der Waals surface area contributed by atoms with Crippen molar-refractivity contribution in [3.63, 3.8) is 0 Å². The Hall–Kier alpha value is -2.41. The summed E-state index contributed by atoms with van der Waals surface area (Å²) in [4.78, 5) is 39.7. The Kier molecular flexibility index (Phi) is 6.57. The minimum atomic E-state index is -0.688. The summed E-state index contributed by atoms with van der Waals surface area (Å²) in [5.41, 5.74) is 6.87. The van der Waals surface area contributed by atoms with Crippen LogP contribution in [0.3, 0.4) is 0 Å². The minimum absolute atomic E-state index is 0.0968. The van der Waals surface area contributed by atoms with Gasteiger partial charge in [0, 0.05) is 18.5 Å². The molecule has 0 aromatic heterocycles. The highest BCUT2D eigenvalue weighted by molar-refractivity contribution is 5.93. The molecule has 3 rings (SSSR count). The van der Waals surface area contributed by atoms with E-state index in [0.29, 0.717) is 18.9 Å². The van der Waals surface area contributed by atoms with Crippen molar-refractivity contribution in [1.29, 1.82) is 0 Å². The Balaban J connectivity index is 1.61. The Labute approximate surface area is 172 Å². The number of carbonyl (C=O) groups excluding carboxylic acids is 3. The molecule has 1 aliphatic carbocycles. The minimum Gasteiger partial charge on any atom is -0.351 e. The fourth-order valence-corrected chi connectivity index (χ4v) is 3.98. The second-order valence-corrected chi connectivity index (χ2v) is 8.58. The number of hydrogen-bond donors (Lipinski definition) is 3. The smallest absolute Gasteiger partial charge is 0.246 e. The van der Waals surface area contributed by atoms with E-state index in [9.17, 15) is 14.4 Å². The lowest BCUT2D eigenvalue weighted by Gasteiger charge is -2.31. The average molecular weight is 401 g/mol. The van der Waals surface area contributed by atoms with Gasteiger partial charge in [-0.25, -0.2) is 0 Å². The first-order chi connectivity index (χ1) is 13.8. The normalized spacial score (nSPS) is 25.4. The predicted molar refractivity (Wildman–Crippen MR) is 111 cm³/mol. The van der Waals surface area contributed by atoms with E-state index in [1.54, 1.807) is 11.8 Å². The summed E-state index contributed by atoms with van der Waals surface area (Å²) in [5.74, 6) is -0.414. The molecule has 4 N–H and O–H groups in total. The van der Waals surface area contributed by atoms with Crippen molar-refractivity contribution >= 4 is 17.7 Å². The largest absolute Gasteiger partial charge is 0.351 e. The summed E-state index contributed by atoms with van der Waals surface area (Å²) >= 11 is 0. The second-order valence-electron chi connectivity index (χ2n) is 8.58. The van der Waals surface area contributed by atoms with Crippen molar-refractivity contribution in [1.82, 2.24) is 15.5 Å². The molecule has 7 nitrogen and oxygen atoms in total. The highest BCUT2D eigenvalue weighted by Crippen LogP contribution is 2.40. The fourth-order valence-electron chi connectivity index (χ4n) is 3.98. The van der Waals surface area contributed by atoms with Crippen LogP contribution in [-0.2, 0) is 14.4 Å². The van der Waals surface area contributed by atoms with Crippen LogP contribution in [0.5, 0.6) is 0 Å². The van der Waals surface area contributed by atoms with Gasteiger partial charge in [0.25, 0.3) is 0 Å². The molecule has 0 radical (unpaired) electrons. The van der Waals surface area contributed by atoms with Gasteiger partial charge in [0.1, 0.15) is 12.1 Å². The van der Waals surface area contributed by atoms with E-state index >= 15 is 0 Å². The third kappa shape index (κ3) is 4.96. The van der Waals surface area contributed by atoms with Crippen molar-refractivity contribution < 1.29 is 14.4 Å².